The van der Waals surface area contributed by atoms with Gasteiger partial charge >= 0.3 is 0 Å². The highest BCUT2D eigenvalue weighted by molar-refractivity contribution is 8.00. The Morgan fingerprint density at radius 3 is 2.61 bits per heavy atom. The number of halogens is 2. The van der Waals surface area contributed by atoms with Gasteiger partial charge in [-0.2, -0.15) is 0 Å². The van der Waals surface area contributed by atoms with Crippen molar-refractivity contribution >= 4 is 46.8 Å². The highest BCUT2D eigenvalue weighted by atomic mass is 35.5. The number of likely N-dealkylation sites (tertiary alicyclic amines) is 1. The van der Waals surface area contributed by atoms with Crippen LogP contribution in [0.3, 0.4) is 0 Å². The standard InChI is InChI=1S/C24H40Cl2N6O3S/c1-12-6-13(14-7-21(26)28-9-18(14)35-2)15(8-27-12)22(33)31-24-30-17-10-32(11-19(17)36-24)23(34)16-4-3-5-20(25)29-16/h12-21,24,27-30H,3-11H2,1-2H3,(H,31,33). The van der Waals surface area contributed by atoms with Gasteiger partial charge in [-0.05, 0) is 50.9 Å². The molecule has 12 heteroatoms. The summed E-state index contributed by atoms with van der Waals surface area (Å²) in [5.74, 6) is 0.546. The molecule has 5 aliphatic rings. The predicted molar refractivity (Wildman–Crippen MR) is 143 cm³/mol. The zero-order chi connectivity index (χ0) is 25.4. The molecule has 5 saturated heterocycles. The second kappa shape index (κ2) is 11.8. The maximum Gasteiger partial charge on any atom is 0.239 e. The third-order valence-corrected chi connectivity index (χ3v) is 10.7. The third-order valence-electron chi connectivity index (χ3n) is 8.67. The van der Waals surface area contributed by atoms with Gasteiger partial charge in [0.15, 0.2) is 0 Å². The Hall–Kier alpha value is -0.330. The van der Waals surface area contributed by atoms with Crippen molar-refractivity contribution in [2.45, 2.75) is 85.0 Å². The maximum atomic E-state index is 13.5. The van der Waals surface area contributed by atoms with Crippen LogP contribution in [0, 0.1) is 17.8 Å². The smallest absolute Gasteiger partial charge is 0.239 e. The molecule has 0 saturated carbocycles. The second-order valence-electron chi connectivity index (χ2n) is 11.1. The largest absolute Gasteiger partial charge is 0.380 e. The van der Waals surface area contributed by atoms with E-state index < -0.39 is 0 Å². The number of thioether (sulfide) groups is 1. The molecule has 0 aromatic carbocycles. The van der Waals surface area contributed by atoms with Gasteiger partial charge in [-0.25, -0.2) is 0 Å². The number of nitrogens with zero attached hydrogens (tertiary/aromatic N) is 1. The monoisotopic (exact) mass is 562 g/mol. The number of fused-ring (bicyclic) bond motifs is 1. The summed E-state index contributed by atoms with van der Waals surface area (Å²) in [6.45, 7) is 4.92. The van der Waals surface area contributed by atoms with Crippen molar-refractivity contribution in [3.63, 3.8) is 0 Å². The van der Waals surface area contributed by atoms with Crippen molar-refractivity contribution in [3.05, 3.63) is 0 Å². The predicted octanol–water partition coefficient (Wildman–Crippen LogP) is 0.813. The number of methoxy groups -OCH3 is 1. The first-order chi connectivity index (χ1) is 17.3. The summed E-state index contributed by atoms with van der Waals surface area (Å²) in [6, 6.07) is 0.353. The van der Waals surface area contributed by atoms with Crippen LogP contribution in [0.4, 0.5) is 0 Å². The molecule has 0 spiro atoms. The Labute approximate surface area is 228 Å². The quantitative estimate of drug-likeness (QED) is 0.247. The minimum absolute atomic E-state index is 0.0557. The number of amides is 2. The third kappa shape index (κ3) is 5.96. The Bertz CT molecular complexity index is 800. The summed E-state index contributed by atoms with van der Waals surface area (Å²) in [5.41, 5.74) is -0.356. The van der Waals surface area contributed by atoms with Gasteiger partial charge in [0, 0.05) is 50.6 Å². The van der Waals surface area contributed by atoms with Crippen LogP contribution >= 0.6 is 35.0 Å². The van der Waals surface area contributed by atoms with Gasteiger partial charge in [0.05, 0.1) is 29.1 Å². The number of carbonyl (C=O) groups excluding carboxylic acids is 2. The number of ether oxygens (including phenoxy) is 1. The summed E-state index contributed by atoms with van der Waals surface area (Å²) in [7, 11) is 1.75. The van der Waals surface area contributed by atoms with E-state index in [1.165, 1.54) is 0 Å². The lowest BCUT2D eigenvalue weighted by Gasteiger charge is -2.45. The zero-order valence-corrected chi connectivity index (χ0v) is 23.4. The van der Waals surface area contributed by atoms with E-state index >= 15 is 0 Å². The first kappa shape index (κ1) is 27.2. The fourth-order valence-electron chi connectivity index (χ4n) is 6.75. The molecule has 5 heterocycles. The molecule has 0 bridgehead atoms. The van der Waals surface area contributed by atoms with Gasteiger partial charge < -0.3 is 20.3 Å². The molecule has 11 atom stereocenters. The Kier molecular flexibility index (Phi) is 8.94. The van der Waals surface area contributed by atoms with Crippen LogP contribution in [-0.4, -0.2) is 96.0 Å². The summed E-state index contributed by atoms with van der Waals surface area (Å²) in [4.78, 5) is 28.5. The van der Waals surface area contributed by atoms with Gasteiger partial charge in [-0.1, -0.05) is 0 Å². The molecule has 5 aliphatic heterocycles. The first-order valence-corrected chi connectivity index (χ1v) is 15.2. The molecule has 9 nitrogen and oxygen atoms in total. The molecule has 0 aliphatic carbocycles. The summed E-state index contributed by atoms with van der Waals surface area (Å²) in [6.07, 6.45) is 4.50. The summed E-state index contributed by atoms with van der Waals surface area (Å²) >= 11 is 14.4. The van der Waals surface area contributed by atoms with Crippen molar-refractivity contribution in [1.82, 2.24) is 31.5 Å². The van der Waals surface area contributed by atoms with Crippen LogP contribution in [0.15, 0.2) is 0 Å². The fourth-order valence-corrected chi connectivity index (χ4v) is 8.76. The average molecular weight is 564 g/mol. The van der Waals surface area contributed by atoms with Crippen molar-refractivity contribution in [2.75, 3.05) is 33.3 Å². The Balaban J connectivity index is 1.16. The van der Waals surface area contributed by atoms with E-state index in [1.807, 2.05) is 4.90 Å². The topological polar surface area (TPSA) is 107 Å². The number of hydrogen-bond acceptors (Lipinski definition) is 8. The molecular formula is C24H40Cl2N6O3S. The van der Waals surface area contributed by atoms with Crippen molar-refractivity contribution in [2.24, 2.45) is 17.8 Å². The Morgan fingerprint density at radius 2 is 1.86 bits per heavy atom. The fraction of sp³-hybridized carbons (Fsp3) is 0.917. The molecule has 204 valence electrons. The minimum atomic E-state index is -0.183. The van der Waals surface area contributed by atoms with Gasteiger partial charge in [-0.3, -0.25) is 25.5 Å². The van der Waals surface area contributed by atoms with Crippen LogP contribution in [0.2, 0.25) is 0 Å². The molecular weight excluding hydrogens is 523 g/mol. The van der Waals surface area contributed by atoms with E-state index in [4.69, 9.17) is 27.9 Å². The minimum Gasteiger partial charge on any atom is -0.380 e. The molecule has 36 heavy (non-hydrogen) atoms. The average Bonchev–Trinajstić information content (AvgIpc) is 3.42. The molecule has 2 amide bonds. The van der Waals surface area contributed by atoms with Crippen LogP contribution < -0.4 is 26.6 Å². The molecule has 0 radical (unpaired) electrons. The van der Waals surface area contributed by atoms with Gasteiger partial charge in [0.2, 0.25) is 11.8 Å². The molecule has 0 aromatic rings. The van der Waals surface area contributed by atoms with Gasteiger partial charge in [-0.15, -0.1) is 35.0 Å². The lowest BCUT2D eigenvalue weighted by Crippen LogP contribution is -2.57. The lowest BCUT2D eigenvalue weighted by molar-refractivity contribution is -0.133. The second-order valence-corrected chi connectivity index (χ2v) is 13.5. The van der Waals surface area contributed by atoms with Crippen LogP contribution in [0.1, 0.15) is 39.0 Å². The summed E-state index contributed by atoms with van der Waals surface area (Å²) in [5, 5.41) is 17.1. The lowest BCUT2D eigenvalue weighted by atomic mass is 9.70. The van der Waals surface area contributed by atoms with Gasteiger partial charge in [0.25, 0.3) is 0 Å². The number of hydrogen-bond donors (Lipinski definition) is 5. The maximum absolute atomic E-state index is 13.5. The van der Waals surface area contributed by atoms with Crippen molar-refractivity contribution in [1.29, 1.82) is 0 Å². The van der Waals surface area contributed by atoms with E-state index in [0.717, 1.165) is 32.1 Å². The molecule has 5 N–H and O–H groups in total. The SMILES string of the molecule is COC1CNC(Cl)CC1C1CC(C)NCC1C(=O)NC1NC2CN(C(=O)C3CCCC(Cl)N3)CC2S1. The molecule has 5 fully saturated rings. The number of alkyl halides is 2. The van der Waals surface area contributed by atoms with E-state index in [2.05, 4.69) is 33.5 Å². The van der Waals surface area contributed by atoms with Crippen molar-refractivity contribution in [3.8, 4) is 0 Å². The summed E-state index contributed by atoms with van der Waals surface area (Å²) < 4.78 is 5.80. The molecule has 5 rings (SSSR count). The molecule has 11 unspecified atom stereocenters. The first-order valence-electron chi connectivity index (χ1n) is 13.4. The normalized spacial score (nSPS) is 45.3. The van der Waals surface area contributed by atoms with E-state index in [9.17, 15) is 9.59 Å². The van der Waals surface area contributed by atoms with Crippen LogP contribution in [0.5, 0.6) is 0 Å². The number of piperidine rings is 3. The van der Waals surface area contributed by atoms with Gasteiger partial charge in [0.1, 0.15) is 5.50 Å². The zero-order valence-electron chi connectivity index (χ0n) is 21.1. The van der Waals surface area contributed by atoms with E-state index in [0.29, 0.717) is 32.2 Å². The van der Waals surface area contributed by atoms with Crippen LogP contribution in [0.25, 0.3) is 0 Å². The molecule has 0 aromatic heterocycles. The Morgan fingerprint density at radius 1 is 1.03 bits per heavy atom. The number of rotatable bonds is 5. The van der Waals surface area contributed by atoms with Crippen molar-refractivity contribution < 1.29 is 14.3 Å². The van der Waals surface area contributed by atoms with E-state index in [-0.39, 0.29) is 69.5 Å². The highest BCUT2D eigenvalue weighted by Gasteiger charge is 2.47. The van der Waals surface area contributed by atoms with E-state index in [1.54, 1.807) is 18.9 Å². The van der Waals surface area contributed by atoms with Crippen LogP contribution in [-0.2, 0) is 14.3 Å². The number of nitrogens with one attached hydrogen (secondary N) is 5. The highest BCUT2D eigenvalue weighted by Crippen LogP contribution is 2.38. The number of carbonyl (C=O) groups is 2.